The summed E-state index contributed by atoms with van der Waals surface area (Å²) in [5.74, 6) is -0.0830. The molecule has 0 aliphatic heterocycles. The van der Waals surface area contributed by atoms with E-state index in [1.165, 1.54) is 0 Å². The summed E-state index contributed by atoms with van der Waals surface area (Å²) >= 11 is 5.48. The van der Waals surface area contributed by atoms with Gasteiger partial charge in [0.25, 0.3) is 5.91 Å². The van der Waals surface area contributed by atoms with Crippen LogP contribution in [0.1, 0.15) is 31.1 Å². The fourth-order valence-corrected chi connectivity index (χ4v) is 5.78. The van der Waals surface area contributed by atoms with E-state index in [1.54, 1.807) is 0 Å². The number of hydrogen-bond donors (Lipinski definition) is 1. The molecule has 1 amide bonds. The molecule has 0 saturated heterocycles. The van der Waals surface area contributed by atoms with E-state index >= 15 is 0 Å². The van der Waals surface area contributed by atoms with Gasteiger partial charge in [-0.05, 0) is 45.1 Å². The maximum Gasteiger partial charge on any atom is 0.258 e. The van der Waals surface area contributed by atoms with Crippen molar-refractivity contribution in [3.05, 3.63) is 35.9 Å². The zero-order valence-electron chi connectivity index (χ0n) is 11.3. The fourth-order valence-electron chi connectivity index (χ4n) is 1.98. The average molecular weight is 282 g/mol. The molecule has 4 heteroatoms. The predicted molar refractivity (Wildman–Crippen MR) is 85.0 cm³/mol. The van der Waals surface area contributed by atoms with E-state index in [0.29, 0.717) is 5.56 Å². The lowest BCUT2D eigenvalue weighted by atomic mass is 10.2. The van der Waals surface area contributed by atoms with Crippen molar-refractivity contribution in [2.24, 2.45) is 0 Å². The molecule has 0 aromatic heterocycles. The summed E-state index contributed by atoms with van der Waals surface area (Å²) in [6.07, 6.45) is 3.19. The molecule has 0 spiro atoms. The van der Waals surface area contributed by atoms with E-state index in [4.69, 9.17) is 12.2 Å². The Morgan fingerprint density at radius 1 is 1.11 bits per heavy atom. The molecule has 2 nitrogen and oxygen atoms in total. The van der Waals surface area contributed by atoms with Crippen LogP contribution in [0.4, 0.5) is 0 Å². The minimum absolute atomic E-state index is 0.0830. The Morgan fingerprint density at radius 3 is 2.06 bits per heavy atom. The molecular weight excluding hydrogens is 261 g/mol. The van der Waals surface area contributed by atoms with Crippen molar-refractivity contribution in [1.29, 1.82) is 0 Å². The molecule has 0 aliphatic rings. The summed E-state index contributed by atoms with van der Waals surface area (Å²) in [6, 6.07) is 9.24. The lowest BCUT2D eigenvalue weighted by Gasteiger charge is -2.23. The van der Waals surface area contributed by atoms with Crippen LogP contribution >= 0.6 is 19.5 Å². The highest BCUT2D eigenvalue weighted by Crippen LogP contribution is 2.58. The maximum absolute atomic E-state index is 12.1. The zero-order valence-corrected chi connectivity index (χ0v) is 13.0. The van der Waals surface area contributed by atoms with Crippen molar-refractivity contribution in [3.8, 4) is 0 Å². The third kappa shape index (κ3) is 3.37. The first-order chi connectivity index (χ1) is 8.59. The van der Waals surface area contributed by atoms with Gasteiger partial charge in [-0.15, -0.1) is 0 Å². The SMILES string of the molecule is CC[P+](CC)(CC)C(=S)NC(=O)c1ccccc1. The first-order valence-electron chi connectivity index (χ1n) is 6.36. The fraction of sp³-hybridized carbons (Fsp3) is 0.429. The Labute approximate surface area is 116 Å². The van der Waals surface area contributed by atoms with Crippen LogP contribution in [-0.4, -0.2) is 29.1 Å². The molecule has 0 saturated carbocycles. The van der Waals surface area contributed by atoms with Crippen molar-refractivity contribution >= 4 is 30.1 Å². The van der Waals surface area contributed by atoms with E-state index in [0.717, 1.165) is 23.2 Å². The Morgan fingerprint density at radius 2 is 1.61 bits per heavy atom. The summed E-state index contributed by atoms with van der Waals surface area (Å²) in [7, 11) is -1.30. The highest BCUT2D eigenvalue weighted by Gasteiger charge is 2.38. The molecule has 1 aromatic carbocycles. The van der Waals surface area contributed by atoms with Crippen molar-refractivity contribution in [2.75, 3.05) is 18.5 Å². The van der Waals surface area contributed by atoms with Crippen LogP contribution in [0.3, 0.4) is 0 Å². The smallest absolute Gasteiger partial charge is 0.258 e. The Kier molecular flexibility index (Phi) is 5.90. The van der Waals surface area contributed by atoms with Gasteiger partial charge in [0.05, 0.1) is 25.7 Å². The molecule has 98 valence electrons. The topological polar surface area (TPSA) is 29.1 Å². The Bertz CT molecular complexity index is 407. The number of benzene rings is 1. The standard InChI is InChI=1S/C14H20NOPS/c1-4-17(5-2,6-3)14(18)15-13(16)12-10-8-7-9-11-12/h7-11H,4-6H2,1-3H3/p+1. The van der Waals surface area contributed by atoms with Crippen molar-refractivity contribution in [1.82, 2.24) is 5.32 Å². The molecule has 18 heavy (non-hydrogen) atoms. The Hall–Kier alpha value is -0.790. The van der Waals surface area contributed by atoms with E-state index in [1.807, 2.05) is 30.3 Å². The van der Waals surface area contributed by atoms with Crippen LogP contribution in [0.5, 0.6) is 0 Å². The number of rotatable bonds is 5. The molecule has 0 radical (unpaired) electrons. The van der Waals surface area contributed by atoms with Crippen LogP contribution in [0, 0.1) is 0 Å². The minimum atomic E-state index is -1.30. The van der Waals surface area contributed by atoms with E-state index < -0.39 is 7.26 Å². The number of carbonyl (C=O) groups is 1. The van der Waals surface area contributed by atoms with Gasteiger partial charge in [-0.1, -0.05) is 18.2 Å². The molecule has 0 unspecified atom stereocenters. The molecule has 1 aromatic rings. The van der Waals surface area contributed by atoms with Crippen LogP contribution in [0.2, 0.25) is 0 Å². The molecule has 1 rings (SSSR count). The molecule has 0 atom stereocenters. The molecule has 0 fully saturated rings. The number of amides is 1. The van der Waals surface area contributed by atoms with Crippen molar-refractivity contribution in [2.45, 2.75) is 20.8 Å². The molecule has 0 bridgehead atoms. The average Bonchev–Trinajstić information content (AvgIpc) is 2.42. The first-order valence-corrected chi connectivity index (χ1v) is 9.12. The lowest BCUT2D eigenvalue weighted by molar-refractivity contribution is 0.0978. The summed E-state index contributed by atoms with van der Waals surface area (Å²) in [6.45, 7) is 6.51. The molecular formula is C14H21NOPS+. The molecule has 1 N–H and O–H groups in total. The van der Waals surface area contributed by atoms with Gasteiger partial charge in [0.2, 0.25) is 4.73 Å². The Balaban J connectivity index is 2.79. The number of carbonyl (C=O) groups excluding carboxylic acids is 1. The van der Waals surface area contributed by atoms with Crippen molar-refractivity contribution < 1.29 is 4.79 Å². The van der Waals surface area contributed by atoms with Gasteiger partial charge in [0, 0.05) is 5.56 Å². The quantitative estimate of drug-likeness (QED) is 0.658. The van der Waals surface area contributed by atoms with E-state index in [2.05, 4.69) is 26.1 Å². The van der Waals surface area contributed by atoms with Gasteiger partial charge < -0.3 is 0 Å². The third-order valence-electron chi connectivity index (χ3n) is 3.50. The summed E-state index contributed by atoms with van der Waals surface area (Å²) < 4.78 is 0.781. The second-order valence-corrected chi connectivity index (χ2v) is 9.56. The van der Waals surface area contributed by atoms with Gasteiger partial charge in [0.1, 0.15) is 0 Å². The number of thiocarbonyl (C=S) groups is 1. The van der Waals surface area contributed by atoms with Crippen LogP contribution in [0.25, 0.3) is 0 Å². The second kappa shape index (κ2) is 6.96. The number of nitrogens with one attached hydrogen (secondary N) is 1. The van der Waals surface area contributed by atoms with Gasteiger partial charge >= 0.3 is 0 Å². The van der Waals surface area contributed by atoms with Crippen molar-refractivity contribution in [3.63, 3.8) is 0 Å². The normalized spacial score (nSPS) is 11.1. The lowest BCUT2D eigenvalue weighted by Crippen LogP contribution is -2.32. The van der Waals surface area contributed by atoms with Crippen LogP contribution < -0.4 is 5.32 Å². The zero-order chi connectivity index (χ0) is 13.6. The van der Waals surface area contributed by atoms with Gasteiger partial charge in [-0.3, -0.25) is 10.1 Å². The van der Waals surface area contributed by atoms with Crippen LogP contribution in [0.15, 0.2) is 30.3 Å². The molecule has 0 aliphatic carbocycles. The molecule has 0 heterocycles. The van der Waals surface area contributed by atoms with Crippen LogP contribution in [-0.2, 0) is 0 Å². The van der Waals surface area contributed by atoms with Gasteiger partial charge in [-0.2, -0.15) is 0 Å². The monoisotopic (exact) mass is 282 g/mol. The predicted octanol–water partition coefficient (Wildman–Crippen LogP) is 3.78. The summed E-state index contributed by atoms with van der Waals surface area (Å²) in [5.41, 5.74) is 0.668. The highest BCUT2D eigenvalue weighted by molar-refractivity contribution is 8.06. The highest BCUT2D eigenvalue weighted by atomic mass is 32.1. The van der Waals surface area contributed by atoms with E-state index in [-0.39, 0.29) is 5.91 Å². The third-order valence-corrected chi connectivity index (χ3v) is 9.37. The maximum atomic E-state index is 12.1. The summed E-state index contributed by atoms with van der Waals surface area (Å²) in [5, 5.41) is 2.93. The second-order valence-electron chi connectivity index (χ2n) is 4.22. The van der Waals surface area contributed by atoms with Gasteiger partial charge in [0.15, 0.2) is 0 Å². The minimum Gasteiger partial charge on any atom is -0.284 e. The first kappa shape index (κ1) is 15.3. The van der Waals surface area contributed by atoms with Gasteiger partial charge in [-0.25, -0.2) is 0 Å². The van der Waals surface area contributed by atoms with E-state index in [9.17, 15) is 4.79 Å². The number of hydrogen-bond acceptors (Lipinski definition) is 2. The largest absolute Gasteiger partial charge is 0.284 e. The summed E-state index contributed by atoms with van der Waals surface area (Å²) in [4.78, 5) is 12.1.